The summed E-state index contributed by atoms with van der Waals surface area (Å²) >= 11 is 0. The van der Waals surface area contributed by atoms with Gasteiger partial charge in [0, 0.05) is 32.7 Å². The number of nitrogens with zero attached hydrogens (tertiary/aromatic N) is 2. The first kappa shape index (κ1) is 20.2. The Hall–Kier alpha value is -2.57. The van der Waals surface area contributed by atoms with Crippen LogP contribution in [0.3, 0.4) is 0 Å². The molecule has 1 N–H and O–H groups in total. The average Bonchev–Trinajstić information content (AvgIpc) is 2.75. The molecule has 0 bridgehead atoms. The number of methoxy groups -OCH3 is 2. The third-order valence-corrected chi connectivity index (χ3v) is 5.29. The van der Waals surface area contributed by atoms with E-state index in [1.54, 1.807) is 26.4 Å². The molecule has 2 aromatic rings. The molecule has 0 aliphatic carbocycles. The van der Waals surface area contributed by atoms with Gasteiger partial charge in [0.25, 0.3) is 5.91 Å². The van der Waals surface area contributed by atoms with Crippen molar-refractivity contribution in [3.8, 4) is 11.5 Å². The van der Waals surface area contributed by atoms with Crippen molar-refractivity contribution in [2.24, 2.45) is 0 Å². The first-order valence-electron chi connectivity index (χ1n) is 9.60. The highest BCUT2D eigenvalue weighted by Gasteiger charge is 2.25. The van der Waals surface area contributed by atoms with Crippen LogP contribution in [0.4, 0.5) is 0 Å². The molecular formula is C22H29N3O3. The molecule has 0 saturated carbocycles. The lowest BCUT2D eigenvalue weighted by atomic mass is 10.0. The molecule has 1 aliphatic heterocycles. The number of nitrogens with one attached hydrogen (secondary N) is 1. The molecule has 1 fully saturated rings. The fraction of sp³-hybridized carbons (Fsp3) is 0.409. The van der Waals surface area contributed by atoms with Gasteiger partial charge in [0.2, 0.25) is 0 Å². The monoisotopic (exact) mass is 383 g/mol. The highest BCUT2D eigenvalue weighted by Crippen LogP contribution is 2.24. The molecule has 1 saturated heterocycles. The van der Waals surface area contributed by atoms with E-state index in [4.69, 9.17) is 9.47 Å². The predicted octanol–water partition coefficient (Wildman–Crippen LogP) is 2.42. The highest BCUT2D eigenvalue weighted by molar-refractivity contribution is 5.96. The molecule has 6 heteroatoms. The van der Waals surface area contributed by atoms with Gasteiger partial charge in [0.15, 0.2) is 0 Å². The Kier molecular flexibility index (Phi) is 6.90. The lowest BCUT2D eigenvalue weighted by molar-refractivity contribution is 0.0883. The van der Waals surface area contributed by atoms with Crippen LogP contribution >= 0.6 is 0 Å². The number of hydrogen-bond acceptors (Lipinski definition) is 5. The van der Waals surface area contributed by atoms with Crippen molar-refractivity contribution in [2.45, 2.75) is 6.04 Å². The Morgan fingerprint density at radius 2 is 1.68 bits per heavy atom. The maximum atomic E-state index is 12.8. The minimum atomic E-state index is -0.120. The number of carbonyl (C=O) groups excluding carboxylic acids is 1. The van der Waals surface area contributed by atoms with Crippen LogP contribution < -0.4 is 14.8 Å². The first-order chi connectivity index (χ1) is 13.6. The zero-order chi connectivity index (χ0) is 19.9. The molecule has 0 spiro atoms. The van der Waals surface area contributed by atoms with E-state index in [0.717, 1.165) is 31.9 Å². The number of para-hydroxylation sites is 1. The summed E-state index contributed by atoms with van der Waals surface area (Å²) in [5.41, 5.74) is 1.72. The van der Waals surface area contributed by atoms with E-state index in [-0.39, 0.29) is 11.9 Å². The van der Waals surface area contributed by atoms with Crippen molar-refractivity contribution >= 4 is 5.91 Å². The van der Waals surface area contributed by atoms with Crippen LogP contribution in [0.25, 0.3) is 0 Å². The minimum Gasteiger partial charge on any atom is -0.497 e. The summed E-state index contributed by atoms with van der Waals surface area (Å²) in [5, 5.41) is 3.10. The van der Waals surface area contributed by atoms with Crippen molar-refractivity contribution in [1.82, 2.24) is 15.1 Å². The van der Waals surface area contributed by atoms with E-state index < -0.39 is 0 Å². The lowest BCUT2D eigenvalue weighted by Gasteiger charge is -2.38. The van der Waals surface area contributed by atoms with E-state index in [9.17, 15) is 4.79 Å². The van der Waals surface area contributed by atoms with E-state index in [0.29, 0.717) is 17.9 Å². The Labute approximate surface area is 167 Å². The fourth-order valence-corrected chi connectivity index (χ4v) is 3.53. The average molecular weight is 383 g/mol. The van der Waals surface area contributed by atoms with Gasteiger partial charge in [-0.15, -0.1) is 0 Å². The fourth-order valence-electron chi connectivity index (χ4n) is 3.53. The number of carbonyl (C=O) groups is 1. The minimum absolute atomic E-state index is 0.110. The van der Waals surface area contributed by atoms with Gasteiger partial charge in [-0.2, -0.15) is 0 Å². The van der Waals surface area contributed by atoms with Crippen molar-refractivity contribution in [3.05, 3.63) is 59.7 Å². The second kappa shape index (κ2) is 9.57. The third-order valence-electron chi connectivity index (χ3n) is 5.29. The molecule has 1 atom stereocenters. The number of hydrogen-bond donors (Lipinski definition) is 1. The lowest BCUT2D eigenvalue weighted by Crippen LogP contribution is -2.48. The van der Waals surface area contributed by atoms with Crippen LogP contribution in [0.5, 0.6) is 11.5 Å². The number of piperazine rings is 1. The van der Waals surface area contributed by atoms with Gasteiger partial charge in [0.1, 0.15) is 11.5 Å². The number of benzene rings is 2. The maximum Gasteiger partial charge on any atom is 0.255 e. The predicted molar refractivity (Wildman–Crippen MR) is 110 cm³/mol. The number of rotatable bonds is 7. The number of ether oxygens (including phenoxy) is 2. The van der Waals surface area contributed by atoms with E-state index in [1.807, 2.05) is 24.3 Å². The van der Waals surface area contributed by atoms with Gasteiger partial charge >= 0.3 is 0 Å². The summed E-state index contributed by atoms with van der Waals surface area (Å²) in [6.45, 7) is 4.52. The number of amides is 1. The molecule has 1 amide bonds. The molecule has 1 aliphatic rings. The van der Waals surface area contributed by atoms with E-state index in [2.05, 4.69) is 34.3 Å². The van der Waals surface area contributed by atoms with Gasteiger partial charge in [-0.05, 0) is 36.9 Å². The SMILES string of the molecule is COc1ccc([C@@H](CNC(=O)c2ccccc2OC)N2CCN(C)CC2)cc1. The molecule has 0 unspecified atom stereocenters. The van der Waals surface area contributed by atoms with Gasteiger partial charge in [0.05, 0.1) is 25.8 Å². The quantitative estimate of drug-likeness (QED) is 0.796. The number of likely N-dealkylation sites (N-methyl/N-ethyl adjacent to an activating group) is 1. The van der Waals surface area contributed by atoms with Crippen LogP contribution in [-0.2, 0) is 0 Å². The van der Waals surface area contributed by atoms with Gasteiger partial charge in [-0.3, -0.25) is 9.69 Å². The summed E-state index contributed by atoms with van der Waals surface area (Å²) in [5.74, 6) is 1.30. The summed E-state index contributed by atoms with van der Waals surface area (Å²) in [6.07, 6.45) is 0. The van der Waals surface area contributed by atoms with Crippen LogP contribution in [-0.4, -0.2) is 69.7 Å². The summed E-state index contributed by atoms with van der Waals surface area (Å²) in [6, 6.07) is 15.5. The highest BCUT2D eigenvalue weighted by atomic mass is 16.5. The summed E-state index contributed by atoms with van der Waals surface area (Å²) < 4.78 is 10.6. The molecule has 0 aromatic heterocycles. The van der Waals surface area contributed by atoms with Crippen LogP contribution in [0.1, 0.15) is 22.0 Å². The Morgan fingerprint density at radius 1 is 1.00 bits per heavy atom. The topological polar surface area (TPSA) is 54.0 Å². The summed E-state index contributed by atoms with van der Waals surface area (Å²) in [7, 11) is 5.39. The zero-order valence-electron chi connectivity index (χ0n) is 16.9. The Balaban J connectivity index is 1.75. The van der Waals surface area contributed by atoms with Crippen molar-refractivity contribution in [3.63, 3.8) is 0 Å². The Morgan fingerprint density at radius 3 is 2.32 bits per heavy atom. The van der Waals surface area contributed by atoms with Gasteiger partial charge in [-0.25, -0.2) is 0 Å². The Bertz CT molecular complexity index is 771. The van der Waals surface area contributed by atoms with Gasteiger partial charge in [-0.1, -0.05) is 24.3 Å². The second-order valence-electron chi connectivity index (χ2n) is 7.04. The van der Waals surface area contributed by atoms with Crippen LogP contribution in [0.2, 0.25) is 0 Å². The normalized spacial score (nSPS) is 16.4. The molecule has 0 radical (unpaired) electrons. The van der Waals surface area contributed by atoms with Crippen molar-refractivity contribution in [2.75, 3.05) is 54.0 Å². The van der Waals surface area contributed by atoms with Gasteiger partial charge < -0.3 is 19.7 Å². The summed E-state index contributed by atoms with van der Waals surface area (Å²) in [4.78, 5) is 17.5. The second-order valence-corrected chi connectivity index (χ2v) is 7.04. The molecule has 6 nitrogen and oxygen atoms in total. The maximum absolute atomic E-state index is 12.8. The molecule has 2 aromatic carbocycles. The third kappa shape index (κ3) is 4.82. The molecule has 1 heterocycles. The van der Waals surface area contributed by atoms with E-state index >= 15 is 0 Å². The molecule has 28 heavy (non-hydrogen) atoms. The zero-order valence-corrected chi connectivity index (χ0v) is 16.9. The standard InChI is InChI=1S/C22H29N3O3/c1-24-12-14-25(15-13-24)20(17-8-10-18(27-2)11-9-17)16-23-22(26)19-6-4-5-7-21(19)28-3/h4-11,20H,12-16H2,1-3H3,(H,23,26)/t20-/m1/s1. The largest absolute Gasteiger partial charge is 0.497 e. The van der Waals surface area contributed by atoms with Crippen LogP contribution in [0.15, 0.2) is 48.5 Å². The van der Waals surface area contributed by atoms with Crippen LogP contribution in [0, 0.1) is 0 Å². The smallest absolute Gasteiger partial charge is 0.255 e. The molecule has 3 rings (SSSR count). The molecule has 150 valence electrons. The van der Waals surface area contributed by atoms with Crippen molar-refractivity contribution < 1.29 is 14.3 Å². The molecular weight excluding hydrogens is 354 g/mol. The first-order valence-corrected chi connectivity index (χ1v) is 9.60. The van der Waals surface area contributed by atoms with E-state index in [1.165, 1.54) is 5.56 Å². The van der Waals surface area contributed by atoms with Crippen molar-refractivity contribution in [1.29, 1.82) is 0 Å².